The molecule has 0 bridgehead atoms. The van der Waals surface area contributed by atoms with Crippen LogP contribution >= 0.6 is 0 Å². The number of hydrogen-bond donors (Lipinski definition) is 1. The van der Waals surface area contributed by atoms with Crippen molar-refractivity contribution in [3.8, 4) is 5.75 Å². The van der Waals surface area contributed by atoms with Gasteiger partial charge in [-0.2, -0.15) is 0 Å². The van der Waals surface area contributed by atoms with Crippen LogP contribution in [0.2, 0.25) is 0 Å². The second-order valence-electron chi connectivity index (χ2n) is 6.24. The maximum atomic E-state index is 12.3. The van der Waals surface area contributed by atoms with Crippen LogP contribution in [0.3, 0.4) is 0 Å². The average molecular weight is 348 g/mol. The summed E-state index contributed by atoms with van der Waals surface area (Å²) in [6.07, 6.45) is 3.01. The maximum absolute atomic E-state index is 12.3. The van der Waals surface area contributed by atoms with Gasteiger partial charge in [0.15, 0.2) is 13.2 Å². The molecule has 1 fully saturated rings. The lowest BCUT2D eigenvalue weighted by Gasteiger charge is -2.38. The van der Waals surface area contributed by atoms with E-state index in [9.17, 15) is 14.4 Å². The molecule has 1 heterocycles. The normalized spacial score (nSPS) is 20.0. The second kappa shape index (κ2) is 8.50. The molecule has 7 nitrogen and oxygen atoms in total. The number of hydrogen-bond acceptors (Lipinski definition) is 5. The molecule has 0 saturated carbocycles. The van der Waals surface area contributed by atoms with E-state index in [4.69, 9.17) is 15.2 Å². The first-order chi connectivity index (χ1) is 11.9. The van der Waals surface area contributed by atoms with Gasteiger partial charge in [0, 0.05) is 12.1 Å². The van der Waals surface area contributed by atoms with Crippen molar-refractivity contribution >= 4 is 17.8 Å². The Balaban J connectivity index is 1.83. The Kier molecular flexibility index (Phi) is 6.38. The molecule has 0 aliphatic carbocycles. The molecule has 0 aromatic heterocycles. The fourth-order valence-corrected chi connectivity index (χ4v) is 3.10. The van der Waals surface area contributed by atoms with E-state index in [0.29, 0.717) is 0 Å². The van der Waals surface area contributed by atoms with Crippen molar-refractivity contribution in [2.45, 2.75) is 45.2 Å². The quantitative estimate of drug-likeness (QED) is 0.786. The number of esters is 1. The second-order valence-corrected chi connectivity index (χ2v) is 6.24. The lowest BCUT2D eigenvalue weighted by molar-refractivity contribution is -0.156. The SMILES string of the molecule is C[C@@H]1CCC[C@H](C)N1C(=O)COC(=O)COc1ccccc1C(N)=O. The van der Waals surface area contributed by atoms with Crippen molar-refractivity contribution in [2.75, 3.05) is 13.2 Å². The van der Waals surface area contributed by atoms with E-state index in [1.807, 2.05) is 13.8 Å². The van der Waals surface area contributed by atoms with Gasteiger partial charge in [-0.3, -0.25) is 9.59 Å². The van der Waals surface area contributed by atoms with Crippen LogP contribution in [-0.4, -0.2) is 48.0 Å². The summed E-state index contributed by atoms with van der Waals surface area (Å²) < 4.78 is 10.3. The minimum Gasteiger partial charge on any atom is -0.481 e. The van der Waals surface area contributed by atoms with E-state index >= 15 is 0 Å². The number of rotatable bonds is 6. The lowest BCUT2D eigenvalue weighted by Crippen LogP contribution is -2.49. The number of piperidine rings is 1. The maximum Gasteiger partial charge on any atom is 0.344 e. The highest BCUT2D eigenvalue weighted by Crippen LogP contribution is 2.22. The molecule has 2 amide bonds. The number of carbonyl (C=O) groups is 3. The third-order valence-electron chi connectivity index (χ3n) is 4.34. The number of nitrogens with zero attached hydrogens (tertiary/aromatic N) is 1. The van der Waals surface area contributed by atoms with Crippen LogP contribution in [0, 0.1) is 0 Å². The van der Waals surface area contributed by atoms with Crippen molar-refractivity contribution in [3.05, 3.63) is 29.8 Å². The van der Waals surface area contributed by atoms with Gasteiger partial charge in [0.1, 0.15) is 5.75 Å². The van der Waals surface area contributed by atoms with Crippen LogP contribution in [0.25, 0.3) is 0 Å². The van der Waals surface area contributed by atoms with Gasteiger partial charge in [-0.05, 0) is 45.2 Å². The van der Waals surface area contributed by atoms with Crippen LogP contribution in [0.4, 0.5) is 0 Å². The van der Waals surface area contributed by atoms with E-state index < -0.39 is 18.5 Å². The Hall–Kier alpha value is -2.57. The van der Waals surface area contributed by atoms with Crippen LogP contribution in [-0.2, 0) is 14.3 Å². The van der Waals surface area contributed by atoms with Crippen LogP contribution in [0.5, 0.6) is 5.75 Å². The molecule has 0 unspecified atom stereocenters. The van der Waals surface area contributed by atoms with Gasteiger partial charge in [0.05, 0.1) is 5.56 Å². The first-order valence-corrected chi connectivity index (χ1v) is 8.38. The molecule has 136 valence electrons. The molecule has 1 aromatic carbocycles. The Bertz CT molecular complexity index is 636. The van der Waals surface area contributed by atoms with Crippen molar-refractivity contribution in [1.29, 1.82) is 0 Å². The standard InChI is InChI=1S/C18H24N2O5/c1-12-6-5-7-13(2)20(12)16(21)10-25-17(22)11-24-15-9-4-3-8-14(15)18(19)23/h3-4,8-9,12-13H,5-7,10-11H2,1-2H3,(H2,19,23)/t12-,13+. The van der Waals surface area contributed by atoms with Crippen LogP contribution in [0.1, 0.15) is 43.5 Å². The Morgan fingerprint density at radius 3 is 2.40 bits per heavy atom. The molecule has 1 saturated heterocycles. The molecule has 2 rings (SSSR count). The predicted octanol–water partition coefficient (Wildman–Crippen LogP) is 1.50. The van der Waals surface area contributed by atoms with Gasteiger partial charge in [-0.15, -0.1) is 0 Å². The number of nitrogens with two attached hydrogens (primary N) is 1. The zero-order valence-electron chi connectivity index (χ0n) is 14.6. The molecule has 2 N–H and O–H groups in total. The van der Waals surface area contributed by atoms with Crippen LogP contribution < -0.4 is 10.5 Å². The van der Waals surface area contributed by atoms with Gasteiger partial charge in [-0.25, -0.2) is 4.79 Å². The minimum atomic E-state index is -0.676. The fourth-order valence-electron chi connectivity index (χ4n) is 3.10. The zero-order chi connectivity index (χ0) is 18.4. The third-order valence-corrected chi connectivity index (χ3v) is 4.34. The predicted molar refractivity (Wildman–Crippen MR) is 91.0 cm³/mol. The van der Waals surface area contributed by atoms with Crippen molar-refractivity contribution < 1.29 is 23.9 Å². The zero-order valence-corrected chi connectivity index (χ0v) is 14.6. The number of amides is 2. The Morgan fingerprint density at radius 1 is 1.12 bits per heavy atom. The van der Waals surface area contributed by atoms with Gasteiger partial charge in [0.25, 0.3) is 11.8 Å². The number of primary amides is 1. The monoisotopic (exact) mass is 348 g/mol. The van der Waals surface area contributed by atoms with Crippen molar-refractivity contribution in [1.82, 2.24) is 4.90 Å². The van der Waals surface area contributed by atoms with Gasteiger partial charge in [-0.1, -0.05) is 12.1 Å². The average Bonchev–Trinajstić information content (AvgIpc) is 2.58. The van der Waals surface area contributed by atoms with E-state index in [1.54, 1.807) is 17.0 Å². The third kappa shape index (κ3) is 4.95. The highest BCUT2D eigenvalue weighted by atomic mass is 16.6. The summed E-state index contributed by atoms with van der Waals surface area (Å²) in [5.74, 6) is -1.32. The number of ether oxygens (including phenoxy) is 2. The molecule has 1 aromatic rings. The van der Waals surface area contributed by atoms with E-state index in [0.717, 1.165) is 19.3 Å². The molecule has 7 heteroatoms. The van der Waals surface area contributed by atoms with Crippen LogP contribution in [0.15, 0.2) is 24.3 Å². The largest absolute Gasteiger partial charge is 0.481 e. The molecule has 0 spiro atoms. The number of likely N-dealkylation sites (tertiary alicyclic amines) is 1. The summed E-state index contributed by atoms with van der Waals surface area (Å²) in [6.45, 7) is 3.29. The number of carbonyl (C=O) groups excluding carboxylic acids is 3. The molecule has 2 atom stereocenters. The van der Waals surface area contributed by atoms with Crippen molar-refractivity contribution in [3.63, 3.8) is 0 Å². The van der Waals surface area contributed by atoms with Gasteiger partial charge in [0.2, 0.25) is 0 Å². The molecular formula is C18H24N2O5. The number of para-hydroxylation sites is 1. The smallest absolute Gasteiger partial charge is 0.344 e. The van der Waals surface area contributed by atoms with E-state index in [1.165, 1.54) is 12.1 Å². The minimum absolute atomic E-state index is 0.147. The molecular weight excluding hydrogens is 324 g/mol. The summed E-state index contributed by atoms with van der Waals surface area (Å²) in [6, 6.07) is 6.64. The van der Waals surface area contributed by atoms with E-state index in [-0.39, 0.29) is 35.9 Å². The van der Waals surface area contributed by atoms with Crippen molar-refractivity contribution in [2.24, 2.45) is 5.73 Å². The molecule has 1 aliphatic rings. The lowest BCUT2D eigenvalue weighted by atomic mass is 9.97. The summed E-state index contributed by atoms with van der Waals surface area (Å²) >= 11 is 0. The summed E-state index contributed by atoms with van der Waals surface area (Å²) in [4.78, 5) is 37.2. The van der Waals surface area contributed by atoms with Gasteiger partial charge < -0.3 is 20.1 Å². The molecule has 0 radical (unpaired) electrons. The summed E-state index contributed by atoms with van der Waals surface area (Å²) in [5.41, 5.74) is 5.43. The fraction of sp³-hybridized carbons (Fsp3) is 0.500. The first-order valence-electron chi connectivity index (χ1n) is 8.38. The van der Waals surface area contributed by atoms with E-state index in [2.05, 4.69) is 0 Å². The first kappa shape index (κ1) is 18.8. The Morgan fingerprint density at radius 2 is 1.76 bits per heavy atom. The van der Waals surface area contributed by atoms with Gasteiger partial charge >= 0.3 is 5.97 Å². The summed E-state index contributed by atoms with van der Waals surface area (Å²) in [5, 5.41) is 0. The molecule has 25 heavy (non-hydrogen) atoms. The topological polar surface area (TPSA) is 98.9 Å². The summed E-state index contributed by atoms with van der Waals surface area (Å²) in [7, 11) is 0. The Labute approximate surface area is 147 Å². The highest BCUT2D eigenvalue weighted by molar-refractivity contribution is 5.95. The number of benzene rings is 1. The molecule has 1 aliphatic heterocycles. The highest BCUT2D eigenvalue weighted by Gasteiger charge is 2.29.